The van der Waals surface area contributed by atoms with Crippen LogP contribution >= 0.6 is 0 Å². The van der Waals surface area contributed by atoms with Gasteiger partial charge in [-0.3, -0.25) is 4.98 Å². The van der Waals surface area contributed by atoms with E-state index in [9.17, 15) is 0 Å². The fourth-order valence-corrected chi connectivity index (χ4v) is 1.73. The Morgan fingerprint density at radius 1 is 1.40 bits per heavy atom. The van der Waals surface area contributed by atoms with E-state index in [1.165, 1.54) is 0 Å². The maximum atomic E-state index is 5.22. The Hall–Kier alpha value is -1.09. The van der Waals surface area contributed by atoms with E-state index in [1.807, 2.05) is 19.9 Å². The highest BCUT2D eigenvalue weighted by Gasteiger charge is 2.32. The third kappa shape index (κ3) is 2.29. The van der Waals surface area contributed by atoms with Gasteiger partial charge in [-0.15, -0.1) is 0 Å². The van der Waals surface area contributed by atoms with Gasteiger partial charge in [0.2, 0.25) is 0 Å². The molecule has 82 valence electrons. The molecule has 0 bridgehead atoms. The van der Waals surface area contributed by atoms with Crippen LogP contribution in [0.25, 0.3) is 0 Å². The SMILES string of the molecule is Cc1ccc(NCC2(C)COC2)c(C)n1. The second-order valence-electron chi connectivity index (χ2n) is 4.74. The third-order valence-electron chi connectivity index (χ3n) is 2.83. The number of pyridine rings is 1. The van der Waals surface area contributed by atoms with E-state index in [1.54, 1.807) is 0 Å². The minimum atomic E-state index is 0.303. The van der Waals surface area contributed by atoms with Gasteiger partial charge in [0.05, 0.1) is 24.6 Å². The first-order valence-electron chi connectivity index (χ1n) is 5.35. The van der Waals surface area contributed by atoms with Gasteiger partial charge < -0.3 is 10.1 Å². The highest BCUT2D eigenvalue weighted by Crippen LogP contribution is 2.27. The van der Waals surface area contributed by atoms with Crippen molar-refractivity contribution < 1.29 is 4.74 Å². The van der Waals surface area contributed by atoms with Crippen molar-refractivity contribution in [1.29, 1.82) is 0 Å². The van der Waals surface area contributed by atoms with Crippen LogP contribution in [0.15, 0.2) is 12.1 Å². The minimum Gasteiger partial charge on any atom is -0.383 e. The van der Waals surface area contributed by atoms with E-state index >= 15 is 0 Å². The molecule has 0 unspecified atom stereocenters. The van der Waals surface area contributed by atoms with Gasteiger partial charge in [-0.25, -0.2) is 0 Å². The number of hydrogen-bond donors (Lipinski definition) is 1. The van der Waals surface area contributed by atoms with Gasteiger partial charge in [0, 0.05) is 17.7 Å². The lowest BCUT2D eigenvalue weighted by Crippen LogP contribution is -2.45. The molecule has 2 rings (SSSR count). The van der Waals surface area contributed by atoms with E-state index in [0.29, 0.717) is 5.41 Å². The van der Waals surface area contributed by atoms with Crippen molar-refractivity contribution in [3.8, 4) is 0 Å². The summed E-state index contributed by atoms with van der Waals surface area (Å²) < 4.78 is 5.22. The largest absolute Gasteiger partial charge is 0.383 e. The summed E-state index contributed by atoms with van der Waals surface area (Å²) in [5, 5.41) is 3.44. The molecule has 1 aliphatic heterocycles. The van der Waals surface area contributed by atoms with E-state index in [0.717, 1.165) is 36.8 Å². The van der Waals surface area contributed by atoms with Crippen molar-refractivity contribution in [3.05, 3.63) is 23.5 Å². The molecular formula is C12H18N2O. The molecule has 0 aliphatic carbocycles. The zero-order valence-corrected chi connectivity index (χ0v) is 9.63. The number of aryl methyl sites for hydroxylation is 2. The quantitative estimate of drug-likeness (QED) is 0.822. The summed E-state index contributed by atoms with van der Waals surface area (Å²) in [6, 6.07) is 4.13. The van der Waals surface area contributed by atoms with Gasteiger partial charge in [0.25, 0.3) is 0 Å². The van der Waals surface area contributed by atoms with E-state index < -0.39 is 0 Å². The molecule has 3 nitrogen and oxygen atoms in total. The topological polar surface area (TPSA) is 34.1 Å². The average molecular weight is 206 g/mol. The molecule has 1 N–H and O–H groups in total. The minimum absolute atomic E-state index is 0.303. The zero-order chi connectivity index (χ0) is 10.9. The van der Waals surface area contributed by atoms with Crippen molar-refractivity contribution in [3.63, 3.8) is 0 Å². The molecule has 0 amide bonds. The van der Waals surface area contributed by atoms with Gasteiger partial charge in [0.15, 0.2) is 0 Å². The molecule has 3 heteroatoms. The Labute approximate surface area is 90.9 Å². The molecule has 1 aliphatic rings. The van der Waals surface area contributed by atoms with Gasteiger partial charge in [-0.05, 0) is 26.0 Å². The molecule has 0 aromatic carbocycles. The average Bonchev–Trinajstić information content (AvgIpc) is 2.14. The van der Waals surface area contributed by atoms with Crippen LogP contribution in [0.5, 0.6) is 0 Å². The number of anilines is 1. The van der Waals surface area contributed by atoms with E-state index in [2.05, 4.69) is 23.3 Å². The number of nitrogens with one attached hydrogen (secondary N) is 1. The van der Waals surface area contributed by atoms with Gasteiger partial charge in [-0.2, -0.15) is 0 Å². The molecule has 0 atom stereocenters. The predicted molar refractivity (Wildman–Crippen MR) is 61.1 cm³/mol. The summed E-state index contributed by atoms with van der Waals surface area (Å²) in [6.07, 6.45) is 0. The number of aromatic nitrogens is 1. The fourth-order valence-electron chi connectivity index (χ4n) is 1.73. The Balaban J connectivity index is 1.98. The fraction of sp³-hybridized carbons (Fsp3) is 0.583. The molecule has 1 aromatic rings. The summed E-state index contributed by atoms with van der Waals surface area (Å²) >= 11 is 0. The molecule has 15 heavy (non-hydrogen) atoms. The highest BCUT2D eigenvalue weighted by molar-refractivity contribution is 5.47. The van der Waals surface area contributed by atoms with Crippen LogP contribution in [-0.4, -0.2) is 24.7 Å². The maximum Gasteiger partial charge on any atom is 0.0606 e. The second-order valence-corrected chi connectivity index (χ2v) is 4.74. The summed E-state index contributed by atoms with van der Waals surface area (Å²) in [6.45, 7) is 8.96. The van der Waals surface area contributed by atoms with Crippen LogP contribution in [0.3, 0.4) is 0 Å². The van der Waals surface area contributed by atoms with Crippen molar-refractivity contribution in [2.45, 2.75) is 20.8 Å². The summed E-state index contributed by atoms with van der Waals surface area (Å²) in [7, 11) is 0. The van der Waals surface area contributed by atoms with Gasteiger partial charge in [-0.1, -0.05) is 6.92 Å². The normalized spacial score (nSPS) is 18.3. The van der Waals surface area contributed by atoms with Crippen LogP contribution in [0.4, 0.5) is 5.69 Å². The summed E-state index contributed by atoms with van der Waals surface area (Å²) in [5.41, 5.74) is 3.57. The first kappa shape index (κ1) is 10.4. The first-order valence-corrected chi connectivity index (χ1v) is 5.35. The standard InChI is InChI=1S/C12H18N2O/c1-9-4-5-11(10(2)14-9)13-6-12(3)7-15-8-12/h4-5,13H,6-8H2,1-3H3. The van der Waals surface area contributed by atoms with Crippen LogP contribution in [0.2, 0.25) is 0 Å². The lowest BCUT2D eigenvalue weighted by molar-refractivity contribution is -0.0924. The summed E-state index contributed by atoms with van der Waals surface area (Å²) in [5.74, 6) is 0. The molecule has 0 spiro atoms. The highest BCUT2D eigenvalue weighted by atomic mass is 16.5. The van der Waals surface area contributed by atoms with Crippen molar-refractivity contribution in [2.75, 3.05) is 25.1 Å². The lowest BCUT2D eigenvalue weighted by atomic mass is 9.88. The van der Waals surface area contributed by atoms with Crippen LogP contribution in [0.1, 0.15) is 18.3 Å². The zero-order valence-electron chi connectivity index (χ0n) is 9.63. The Morgan fingerprint density at radius 2 is 2.13 bits per heavy atom. The molecule has 2 heterocycles. The summed E-state index contributed by atoms with van der Waals surface area (Å²) in [4.78, 5) is 4.42. The predicted octanol–water partition coefficient (Wildman–Crippen LogP) is 2.15. The Morgan fingerprint density at radius 3 is 2.67 bits per heavy atom. The smallest absolute Gasteiger partial charge is 0.0606 e. The van der Waals surface area contributed by atoms with Gasteiger partial charge >= 0.3 is 0 Å². The van der Waals surface area contributed by atoms with Crippen LogP contribution < -0.4 is 5.32 Å². The first-order chi connectivity index (χ1) is 7.09. The molecule has 0 radical (unpaired) electrons. The third-order valence-corrected chi connectivity index (χ3v) is 2.83. The molecule has 0 saturated carbocycles. The van der Waals surface area contributed by atoms with Crippen molar-refractivity contribution >= 4 is 5.69 Å². The Bertz CT molecular complexity index is 359. The van der Waals surface area contributed by atoms with Crippen LogP contribution in [0, 0.1) is 19.3 Å². The van der Waals surface area contributed by atoms with Crippen molar-refractivity contribution in [2.24, 2.45) is 5.41 Å². The van der Waals surface area contributed by atoms with Crippen molar-refractivity contribution in [1.82, 2.24) is 4.98 Å². The van der Waals surface area contributed by atoms with Crippen LogP contribution in [-0.2, 0) is 4.74 Å². The molecule has 1 fully saturated rings. The second kappa shape index (κ2) is 3.81. The number of ether oxygens (including phenoxy) is 1. The monoisotopic (exact) mass is 206 g/mol. The lowest BCUT2D eigenvalue weighted by Gasteiger charge is -2.38. The van der Waals surface area contributed by atoms with E-state index in [-0.39, 0.29) is 0 Å². The number of rotatable bonds is 3. The molecule has 1 aromatic heterocycles. The maximum absolute atomic E-state index is 5.22. The molecule has 1 saturated heterocycles. The number of hydrogen-bond acceptors (Lipinski definition) is 3. The van der Waals surface area contributed by atoms with Gasteiger partial charge in [0.1, 0.15) is 0 Å². The Kier molecular flexibility index (Phi) is 2.65. The number of nitrogens with zero attached hydrogens (tertiary/aromatic N) is 1. The molecular weight excluding hydrogens is 188 g/mol. The van der Waals surface area contributed by atoms with E-state index in [4.69, 9.17) is 4.74 Å².